The molecule has 4 heteroatoms. The molecule has 0 unspecified atom stereocenters. The van der Waals surface area contributed by atoms with Crippen LogP contribution in [0.2, 0.25) is 0 Å². The van der Waals surface area contributed by atoms with Crippen LogP contribution < -0.4 is 10.1 Å². The summed E-state index contributed by atoms with van der Waals surface area (Å²) in [6.07, 6.45) is 0. The normalized spacial score (nSPS) is 10.2. The van der Waals surface area contributed by atoms with Crippen molar-refractivity contribution >= 4 is 11.6 Å². The van der Waals surface area contributed by atoms with Crippen molar-refractivity contribution in [2.24, 2.45) is 0 Å². The highest BCUT2D eigenvalue weighted by Crippen LogP contribution is 2.24. The summed E-state index contributed by atoms with van der Waals surface area (Å²) in [6, 6.07) is 10.2. The van der Waals surface area contributed by atoms with E-state index in [1.807, 2.05) is 32.0 Å². The molecule has 0 aliphatic heterocycles. The second-order valence-electron chi connectivity index (χ2n) is 4.64. The number of ether oxygens (including phenoxy) is 1. The smallest absolute Gasteiger partial charge is 0.259 e. The van der Waals surface area contributed by atoms with Crippen LogP contribution in [0, 0.1) is 13.8 Å². The van der Waals surface area contributed by atoms with Crippen molar-refractivity contribution < 1.29 is 14.6 Å². The minimum atomic E-state index is -0.371. The molecule has 2 N–H and O–H groups in total. The largest absolute Gasteiger partial charge is 0.507 e. The molecule has 0 saturated heterocycles. The maximum absolute atomic E-state index is 12.2. The number of aromatic hydroxyl groups is 1. The van der Waals surface area contributed by atoms with Crippen LogP contribution in [-0.2, 0) is 0 Å². The second kappa shape index (κ2) is 5.65. The molecule has 104 valence electrons. The Kier molecular flexibility index (Phi) is 3.94. The van der Waals surface area contributed by atoms with Gasteiger partial charge in [0, 0.05) is 5.69 Å². The number of hydrogen-bond acceptors (Lipinski definition) is 3. The predicted molar refractivity (Wildman–Crippen MR) is 78.5 cm³/mol. The Hall–Kier alpha value is -2.49. The summed E-state index contributed by atoms with van der Waals surface area (Å²) in [5.41, 5.74) is 3.13. The van der Waals surface area contributed by atoms with Crippen molar-refractivity contribution in [3.8, 4) is 11.5 Å². The molecule has 20 heavy (non-hydrogen) atoms. The van der Waals surface area contributed by atoms with E-state index in [4.69, 9.17) is 4.74 Å². The number of aryl methyl sites for hydroxylation is 2. The van der Waals surface area contributed by atoms with Gasteiger partial charge in [0.1, 0.15) is 11.5 Å². The molecule has 2 rings (SSSR count). The van der Waals surface area contributed by atoms with Gasteiger partial charge in [-0.3, -0.25) is 4.79 Å². The Bertz CT molecular complexity index is 650. The molecule has 0 spiro atoms. The fourth-order valence-corrected chi connectivity index (χ4v) is 1.84. The molecule has 0 saturated carbocycles. The van der Waals surface area contributed by atoms with Gasteiger partial charge in [-0.05, 0) is 55.3 Å². The molecule has 0 radical (unpaired) electrons. The van der Waals surface area contributed by atoms with E-state index in [0.717, 1.165) is 11.1 Å². The van der Waals surface area contributed by atoms with Gasteiger partial charge >= 0.3 is 0 Å². The van der Waals surface area contributed by atoms with E-state index in [9.17, 15) is 9.90 Å². The Morgan fingerprint density at radius 3 is 2.50 bits per heavy atom. The van der Waals surface area contributed by atoms with Crippen LogP contribution in [0.15, 0.2) is 36.4 Å². The van der Waals surface area contributed by atoms with Crippen LogP contribution >= 0.6 is 0 Å². The van der Waals surface area contributed by atoms with Crippen molar-refractivity contribution in [1.82, 2.24) is 0 Å². The van der Waals surface area contributed by atoms with E-state index < -0.39 is 0 Å². The van der Waals surface area contributed by atoms with Gasteiger partial charge in [0.15, 0.2) is 0 Å². The summed E-state index contributed by atoms with van der Waals surface area (Å²) < 4.78 is 5.05. The lowest BCUT2D eigenvalue weighted by molar-refractivity contribution is 0.102. The highest BCUT2D eigenvalue weighted by Gasteiger charge is 2.13. The number of carbonyl (C=O) groups is 1. The van der Waals surface area contributed by atoms with E-state index in [-0.39, 0.29) is 17.2 Å². The molecule has 0 atom stereocenters. The average molecular weight is 271 g/mol. The Balaban J connectivity index is 2.25. The molecular weight excluding hydrogens is 254 g/mol. The number of phenolic OH excluding ortho intramolecular Hbond substituents is 1. The zero-order valence-corrected chi connectivity index (χ0v) is 11.7. The molecule has 0 bridgehead atoms. The Morgan fingerprint density at radius 1 is 1.10 bits per heavy atom. The molecule has 4 nitrogen and oxygen atoms in total. The summed E-state index contributed by atoms with van der Waals surface area (Å²) in [5, 5.41) is 12.5. The van der Waals surface area contributed by atoms with Crippen molar-refractivity contribution in [3.05, 3.63) is 53.1 Å². The van der Waals surface area contributed by atoms with Gasteiger partial charge < -0.3 is 15.2 Å². The molecule has 1 amide bonds. The number of nitrogens with one attached hydrogen (secondary N) is 1. The number of hydrogen-bond donors (Lipinski definition) is 2. The summed E-state index contributed by atoms with van der Waals surface area (Å²) in [6.45, 7) is 3.99. The first kappa shape index (κ1) is 13.9. The van der Waals surface area contributed by atoms with Crippen molar-refractivity contribution in [2.45, 2.75) is 13.8 Å². The first-order valence-corrected chi connectivity index (χ1v) is 6.27. The number of phenols is 1. The maximum Gasteiger partial charge on any atom is 0.259 e. The molecule has 0 aliphatic rings. The van der Waals surface area contributed by atoms with Gasteiger partial charge in [0.25, 0.3) is 5.91 Å². The standard InChI is InChI=1S/C16H17NO3/c1-10-4-5-12(8-11(10)2)17-16(19)14-9-13(20-3)6-7-15(14)18/h4-9,18H,1-3H3,(H,17,19). The number of methoxy groups -OCH3 is 1. The van der Waals surface area contributed by atoms with E-state index in [1.165, 1.54) is 19.2 Å². The minimum absolute atomic E-state index is 0.0767. The summed E-state index contributed by atoms with van der Waals surface area (Å²) in [5.74, 6) is 0.0739. The number of rotatable bonds is 3. The number of carbonyl (C=O) groups excluding carboxylic acids is 1. The molecule has 0 fully saturated rings. The SMILES string of the molecule is COc1ccc(O)c(C(=O)Nc2ccc(C)c(C)c2)c1. The topological polar surface area (TPSA) is 58.6 Å². The van der Waals surface area contributed by atoms with E-state index in [0.29, 0.717) is 11.4 Å². The summed E-state index contributed by atoms with van der Waals surface area (Å²) in [4.78, 5) is 12.2. The van der Waals surface area contributed by atoms with E-state index >= 15 is 0 Å². The van der Waals surface area contributed by atoms with Crippen LogP contribution in [0.5, 0.6) is 11.5 Å². The van der Waals surface area contributed by atoms with Gasteiger partial charge in [0.2, 0.25) is 0 Å². The zero-order valence-electron chi connectivity index (χ0n) is 11.7. The zero-order chi connectivity index (χ0) is 14.7. The van der Waals surface area contributed by atoms with Crippen LogP contribution in [0.1, 0.15) is 21.5 Å². The Morgan fingerprint density at radius 2 is 1.85 bits per heavy atom. The minimum Gasteiger partial charge on any atom is -0.507 e. The molecule has 0 aromatic heterocycles. The molecule has 0 heterocycles. The monoisotopic (exact) mass is 271 g/mol. The first-order chi connectivity index (χ1) is 9.51. The number of anilines is 1. The van der Waals surface area contributed by atoms with Crippen LogP contribution in [0.25, 0.3) is 0 Å². The first-order valence-electron chi connectivity index (χ1n) is 6.27. The maximum atomic E-state index is 12.2. The van der Waals surface area contributed by atoms with Crippen molar-refractivity contribution in [1.29, 1.82) is 0 Å². The molecule has 2 aromatic carbocycles. The van der Waals surface area contributed by atoms with Gasteiger partial charge in [-0.1, -0.05) is 6.07 Å². The third-order valence-corrected chi connectivity index (χ3v) is 3.21. The average Bonchev–Trinajstić information content (AvgIpc) is 2.43. The fourth-order valence-electron chi connectivity index (χ4n) is 1.84. The highest BCUT2D eigenvalue weighted by molar-refractivity contribution is 6.06. The van der Waals surface area contributed by atoms with Gasteiger partial charge in [-0.25, -0.2) is 0 Å². The van der Waals surface area contributed by atoms with Gasteiger partial charge in [-0.2, -0.15) is 0 Å². The fraction of sp³-hybridized carbons (Fsp3) is 0.188. The quantitative estimate of drug-likeness (QED) is 0.900. The molecule has 2 aromatic rings. The predicted octanol–water partition coefficient (Wildman–Crippen LogP) is 3.27. The van der Waals surface area contributed by atoms with Crippen LogP contribution in [0.4, 0.5) is 5.69 Å². The summed E-state index contributed by atoms with van der Waals surface area (Å²) in [7, 11) is 1.51. The second-order valence-corrected chi connectivity index (χ2v) is 4.64. The third-order valence-electron chi connectivity index (χ3n) is 3.21. The van der Waals surface area contributed by atoms with E-state index in [1.54, 1.807) is 6.07 Å². The van der Waals surface area contributed by atoms with Crippen molar-refractivity contribution in [3.63, 3.8) is 0 Å². The number of benzene rings is 2. The Labute approximate surface area is 118 Å². The lowest BCUT2D eigenvalue weighted by atomic mass is 10.1. The molecule has 0 aliphatic carbocycles. The van der Waals surface area contributed by atoms with Crippen LogP contribution in [-0.4, -0.2) is 18.1 Å². The number of amides is 1. The van der Waals surface area contributed by atoms with Gasteiger partial charge in [0.05, 0.1) is 12.7 Å². The van der Waals surface area contributed by atoms with Crippen molar-refractivity contribution in [2.75, 3.05) is 12.4 Å². The van der Waals surface area contributed by atoms with E-state index in [2.05, 4.69) is 5.32 Å². The lowest BCUT2D eigenvalue weighted by Crippen LogP contribution is -2.12. The molecular formula is C16H17NO3. The van der Waals surface area contributed by atoms with Crippen LogP contribution in [0.3, 0.4) is 0 Å². The third kappa shape index (κ3) is 2.91. The van der Waals surface area contributed by atoms with Gasteiger partial charge in [-0.15, -0.1) is 0 Å². The summed E-state index contributed by atoms with van der Waals surface area (Å²) >= 11 is 0. The lowest BCUT2D eigenvalue weighted by Gasteiger charge is -2.10. The highest BCUT2D eigenvalue weighted by atomic mass is 16.5.